The average Bonchev–Trinajstić information content (AvgIpc) is 3.52. The predicted octanol–water partition coefficient (Wildman–Crippen LogP) is 6.10. The van der Waals surface area contributed by atoms with Crippen LogP contribution in [0.15, 0.2) is 67.0 Å². The Hall–Kier alpha value is -4.54. The van der Waals surface area contributed by atoms with Crippen molar-refractivity contribution in [2.45, 2.75) is 38.2 Å². The van der Waals surface area contributed by atoms with Crippen LogP contribution >= 0.6 is 11.6 Å². The normalized spacial score (nSPS) is 18.9. The summed E-state index contributed by atoms with van der Waals surface area (Å²) < 4.78 is 40.6. The van der Waals surface area contributed by atoms with Gasteiger partial charge in [0, 0.05) is 37.1 Å². The van der Waals surface area contributed by atoms with E-state index in [4.69, 9.17) is 35.5 Å². The molecule has 2 aliphatic rings. The van der Waals surface area contributed by atoms with Gasteiger partial charge in [0.25, 0.3) is 5.79 Å². The number of esters is 1. The van der Waals surface area contributed by atoms with Crippen molar-refractivity contribution in [1.29, 1.82) is 0 Å². The van der Waals surface area contributed by atoms with Crippen LogP contribution in [0.25, 0.3) is 22.2 Å². The van der Waals surface area contributed by atoms with E-state index in [0.29, 0.717) is 63.4 Å². The highest BCUT2D eigenvalue weighted by Gasteiger charge is 2.41. The zero-order valence-electron chi connectivity index (χ0n) is 23.3. The molecule has 5 heterocycles. The number of imidazole rings is 1. The van der Waals surface area contributed by atoms with Gasteiger partial charge in [-0.25, -0.2) is 14.2 Å². The van der Waals surface area contributed by atoms with Crippen molar-refractivity contribution < 1.29 is 28.1 Å². The minimum Gasteiger partial charge on any atom is -0.465 e. The van der Waals surface area contributed by atoms with Crippen molar-refractivity contribution in [2.24, 2.45) is 0 Å². The molecule has 0 N–H and O–H groups in total. The second kappa shape index (κ2) is 10.6. The molecular weight excluding hydrogens is 575 g/mol. The number of pyridine rings is 2. The van der Waals surface area contributed by atoms with Gasteiger partial charge in [-0.05, 0) is 48.9 Å². The van der Waals surface area contributed by atoms with Crippen LogP contribution < -0.4 is 9.47 Å². The number of ether oxygens (including phenoxy) is 4. The minimum atomic E-state index is -1.17. The maximum atomic E-state index is 15.7. The Morgan fingerprint density at radius 3 is 2.72 bits per heavy atom. The molecule has 0 aliphatic carbocycles. The van der Waals surface area contributed by atoms with E-state index >= 15 is 4.39 Å². The monoisotopic (exact) mass is 600 g/mol. The summed E-state index contributed by atoms with van der Waals surface area (Å²) in [6.07, 6.45) is 4.23. The van der Waals surface area contributed by atoms with Gasteiger partial charge in [0.2, 0.25) is 0 Å². The van der Waals surface area contributed by atoms with E-state index in [1.165, 1.54) is 19.4 Å². The summed E-state index contributed by atoms with van der Waals surface area (Å²) in [4.78, 5) is 25.8. The Bertz CT molecular complexity index is 1870. The van der Waals surface area contributed by atoms with Crippen LogP contribution in [0.4, 0.5) is 4.39 Å². The number of rotatable bonds is 7. The molecule has 218 valence electrons. The number of hydrogen-bond donors (Lipinski definition) is 0. The molecule has 5 aromatic rings. The standard InChI is InChI=1S/C32H26ClFN4O5/c1-32(28-9-7-20(33)16-36-28)42-27-5-3-4-22(30(27)43-32)19-12-23(34)25(35-15-19)14-29-37-24-8-6-18(31(39)40-2)13-26(24)38(29)17-21-10-11-41-21/h3-9,12-13,15-16,21H,10-11,14,17H2,1-2H3/t21-,32?/m0/s1. The van der Waals surface area contributed by atoms with Gasteiger partial charge < -0.3 is 23.5 Å². The molecule has 0 radical (unpaired) electrons. The van der Waals surface area contributed by atoms with E-state index in [0.717, 1.165) is 11.9 Å². The Morgan fingerprint density at radius 2 is 2.00 bits per heavy atom. The highest BCUT2D eigenvalue weighted by atomic mass is 35.5. The zero-order chi connectivity index (χ0) is 29.7. The van der Waals surface area contributed by atoms with Crippen LogP contribution in [0.5, 0.6) is 11.5 Å². The molecule has 7 rings (SSSR count). The molecule has 1 unspecified atom stereocenters. The van der Waals surface area contributed by atoms with Crippen molar-refractivity contribution in [3.05, 3.63) is 101 Å². The molecule has 1 saturated heterocycles. The van der Waals surface area contributed by atoms with Crippen molar-refractivity contribution in [1.82, 2.24) is 19.5 Å². The maximum Gasteiger partial charge on any atom is 0.337 e. The number of aromatic nitrogens is 4. The number of benzene rings is 2. The molecule has 2 atom stereocenters. The number of para-hydroxylation sites is 1. The van der Waals surface area contributed by atoms with Gasteiger partial charge in [-0.1, -0.05) is 23.7 Å². The highest BCUT2D eigenvalue weighted by molar-refractivity contribution is 6.30. The maximum absolute atomic E-state index is 15.7. The van der Waals surface area contributed by atoms with Gasteiger partial charge in [-0.3, -0.25) is 9.97 Å². The topological polar surface area (TPSA) is 97.6 Å². The average molecular weight is 601 g/mol. The lowest BCUT2D eigenvalue weighted by molar-refractivity contribution is -0.0715. The number of fused-ring (bicyclic) bond motifs is 2. The lowest BCUT2D eigenvalue weighted by Gasteiger charge is -2.27. The van der Waals surface area contributed by atoms with Crippen molar-refractivity contribution in [3.8, 4) is 22.6 Å². The van der Waals surface area contributed by atoms with Gasteiger partial charge >= 0.3 is 5.97 Å². The van der Waals surface area contributed by atoms with Gasteiger partial charge in [-0.15, -0.1) is 0 Å². The molecule has 1 fully saturated rings. The van der Waals surface area contributed by atoms with Crippen LogP contribution in [-0.4, -0.2) is 45.3 Å². The summed E-state index contributed by atoms with van der Waals surface area (Å²) in [5.74, 6) is -0.490. The van der Waals surface area contributed by atoms with E-state index in [2.05, 4.69) is 9.97 Å². The summed E-state index contributed by atoms with van der Waals surface area (Å²) >= 11 is 6.01. The molecule has 0 spiro atoms. The lowest BCUT2D eigenvalue weighted by atomic mass is 10.0. The molecule has 0 bridgehead atoms. The van der Waals surface area contributed by atoms with Gasteiger partial charge in [0.1, 0.15) is 17.3 Å². The van der Waals surface area contributed by atoms with Crippen molar-refractivity contribution in [3.63, 3.8) is 0 Å². The first-order chi connectivity index (χ1) is 20.8. The van der Waals surface area contributed by atoms with Crippen molar-refractivity contribution in [2.75, 3.05) is 13.7 Å². The largest absolute Gasteiger partial charge is 0.465 e. The Kier molecular flexibility index (Phi) is 6.75. The smallest absolute Gasteiger partial charge is 0.337 e. The number of methoxy groups -OCH3 is 1. The number of carbonyl (C=O) groups is 1. The molecule has 9 nitrogen and oxygen atoms in total. The third-order valence-corrected chi connectivity index (χ3v) is 7.98. The fraction of sp³-hybridized carbons (Fsp3) is 0.250. The van der Waals surface area contributed by atoms with Crippen LogP contribution in [0.2, 0.25) is 5.02 Å². The first-order valence-corrected chi connectivity index (χ1v) is 14.2. The molecule has 0 amide bonds. The quantitative estimate of drug-likeness (QED) is 0.207. The molecule has 2 aliphatic heterocycles. The molecule has 2 aromatic carbocycles. The Labute approximate surface area is 251 Å². The van der Waals surface area contributed by atoms with Crippen LogP contribution in [0.3, 0.4) is 0 Å². The Balaban J connectivity index is 1.20. The van der Waals surface area contributed by atoms with Gasteiger partial charge in [0.15, 0.2) is 11.5 Å². The third-order valence-electron chi connectivity index (χ3n) is 7.76. The lowest BCUT2D eigenvalue weighted by Crippen LogP contribution is -2.32. The van der Waals surface area contributed by atoms with Crippen LogP contribution in [0, 0.1) is 5.82 Å². The van der Waals surface area contributed by atoms with E-state index in [9.17, 15) is 4.79 Å². The first kappa shape index (κ1) is 27.3. The van der Waals surface area contributed by atoms with E-state index in [1.54, 1.807) is 49.5 Å². The van der Waals surface area contributed by atoms with E-state index < -0.39 is 17.6 Å². The second-order valence-corrected chi connectivity index (χ2v) is 11.0. The molecule has 0 saturated carbocycles. The second-order valence-electron chi connectivity index (χ2n) is 10.6. The zero-order valence-corrected chi connectivity index (χ0v) is 24.1. The predicted molar refractivity (Wildman–Crippen MR) is 156 cm³/mol. The van der Waals surface area contributed by atoms with Gasteiger partial charge in [-0.2, -0.15) is 0 Å². The summed E-state index contributed by atoms with van der Waals surface area (Å²) in [6, 6.07) is 15.5. The SMILES string of the molecule is COC(=O)c1ccc2nc(Cc3ncc(-c4cccc5c4OC(C)(c4ccc(Cl)cn4)O5)cc3F)n(C[C@@H]3CCO3)c2c1. The van der Waals surface area contributed by atoms with Crippen LogP contribution in [-0.2, 0) is 28.2 Å². The first-order valence-electron chi connectivity index (χ1n) is 13.8. The number of carbonyl (C=O) groups excluding carboxylic acids is 1. The summed E-state index contributed by atoms with van der Waals surface area (Å²) in [5, 5.41) is 0.503. The van der Waals surface area contributed by atoms with E-state index in [1.807, 2.05) is 16.7 Å². The number of hydrogen-bond acceptors (Lipinski definition) is 8. The highest BCUT2D eigenvalue weighted by Crippen LogP contribution is 2.48. The van der Waals surface area contributed by atoms with Gasteiger partial charge in [0.05, 0.1) is 53.5 Å². The minimum absolute atomic E-state index is 0.0225. The number of nitrogens with zero attached hydrogens (tertiary/aromatic N) is 4. The molecular formula is C32H26ClFN4O5. The molecule has 43 heavy (non-hydrogen) atoms. The molecule has 3 aromatic heterocycles. The van der Waals surface area contributed by atoms with E-state index in [-0.39, 0.29) is 18.2 Å². The summed E-state index contributed by atoms with van der Waals surface area (Å²) in [7, 11) is 1.34. The third kappa shape index (κ3) is 4.96. The van der Waals surface area contributed by atoms with Crippen LogP contribution in [0.1, 0.15) is 40.9 Å². The molecule has 11 heteroatoms. The summed E-state index contributed by atoms with van der Waals surface area (Å²) in [5.41, 5.74) is 3.81. The summed E-state index contributed by atoms with van der Waals surface area (Å²) in [6.45, 7) is 3.00. The fourth-order valence-corrected chi connectivity index (χ4v) is 5.50. The Morgan fingerprint density at radius 1 is 1.14 bits per heavy atom. The van der Waals surface area contributed by atoms with Crippen molar-refractivity contribution >= 4 is 28.6 Å². The fourth-order valence-electron chi connectivity index (χ4n) is 5.38. The number of halogens is 2.